The molecule has 2 atom stereocenters. The van der Waals surface area contributed by atoms with Crippen LogP contribution in [0.3, 0.4) is 0 Å². The van der Waals surface area contributed by atoms with Crippen molar-refractivity contribution in [2.75, 3.05) is 6.61 Å². The molecule has 0 amide bonds. The summed E-state index contributed by atoms with van der Waals surface area (Å²) in [6.07, 6.45) is 10.1. The summed E-state index contributed by atoms with van der Waals surface area (Å²) >= 11 is 0. The first-order chi connectivity index (χ1) is 9.67. The molecule has 0 N–H and O–H groups in total. The summed E-state index contributed by atoms with van der Waals surface area (Å²) in [6.45, 7) is 4.43. The summed E-state index contributed by atoms with van der Waals surface area (Å²) in [5.74, 6) is 1.53. The summed E-state index contributed by atoms with van der Waals surface area (Å²) in [4.78, 5) is 23.1. The van der Waals surface area contributed by atoms with E-state index in [1.807, 2.05) is 0 Å². The van der Waals surface area contributed by atoms with Gasteiger partial charge in [0.25, 0.3) is 0 Å². The average Bonchev–Trinajstić information content (AvgIpc) is 2.45. The quantitative estimate of drug-likeness (QED) is 0.593. The summed E-state index contributed by atoms with van der Waals surface area (Å²) in [5, 5.41) is 0. The fourth-order valence-corrected chi connectivity index (χ4v) is 3.36. The van der Waals surface area contributed by atoms with Crippen molar-refractivity contribution in [3.8, 4) is 0 Å². The van der Waals surface area contributed by atoms with E-state index in [9.17, 15) is 9.59 Å². The van der Waals surface area contributed by atoms with Gasteiger partial charge >= 0.3 is 5.97 Å². The molecule has 0 aromatic rings. The highest BCUT2D eigenvalue weighted by atomic mass is 16.5. The summed E-state index contributed by atoms with van der Waals surface area (Å²) in [7, 11) is 0. The number of esters is 1. The van der Waals surface area contributed by atoms with Crippen LogP contribution in [0.5, 0.6) is 0 Å². The fraction of sp³-hybridized carbons (Fsp3) is 0.882. The predicted octanol–water partition coefficient (Wildman–Crippen LogP) is 4.29. The highest BCUT2D eigenvalue weighted by Crippen LogP contribution is 2.36. The molecule has 1 saturated carbocycles. The molecule has 3 heteroatoms. The topological polar surface area (TPSA) is 43.4 Å². The minimum absolute atomic E-state index is 0.221. The molecule has 0 radical (unpaired) electrons. The molecule has 0 aromatic carbocycles. The fourth-order valence-electron chi connectivity index (χ4n) is 3.36. The van der Waals surface area contributed by atoms with E-state index < -0.39 is 0 Å². The Morgan fingerprint density at radius 3 is 2.20 bits per heavy atom. The van der Waals surface area contributed by atoms with Crippen molar-refractivity contribution in [1.29, 1.82) is 0 Å². The molecule has 0 bridgehead atoms. The van der Waals surface area contributed by atoms with Crippen molar-refractivity contribution in [2.24, 2.45) is 11.8 Å². The second kappa shape index (κ2) is 9.95. The van der Waals surface area contributed by atoms with Gasteiger partial charge in [-0.2, -0.15) is 0 Å². The number of hydrogen-bond donors (Lipinski definition) is 0. The Balaban J connectivity index is 2.23. The lowest BCUT2D eigenvalue weighted by Gasteiger charge is -2.31. The van der Waals surface area contributed by atoms with Crippen LogP contribution in [0, 0.1) is 11.8 Å². The molecule has 0 saturated heterocycles. The minimum atomic E-state index is -0.248. The smallest absolute Gasteiger partial charge is 0.306 e. The van der Waals surface area contributed by atoms with Gasteiger partial charge in [0.15, 0.2) is 0 Å². The zero-order valence-corrected chi connectivity index (χ0v) is 13.2. The Bertz CT molecular complexity index is 297. The van der Waals surface area contributed by atoms with Gasteiger partial charge in [-0.15, -0.1) is 0 Å². The standard InChI is InChI=1S/C17H30O3/c1-3-7-14-8-5-6-9-15(14)10-11-16(18)12-13-17(19)20-4-2/h14-15H,3-13H2,1-2H3. The van der Waals surface area contributed by atoms with Gasteiger partial charge in [-0.05, 0) is 25.2 Å². The van der Waals surface area contributed by atoms with Gasteiger partial charge in [-0.25, -0.2) is 0 Å². The van der Waals surface area contributed by atoms with Crippen LogP contribution in [0.25, 0.3) is 0 Å². The molecule has 3 nitrogen and oxygen atoms in total. The first kappa shape index (κ1) is 17.2. The van der Waals surface area contributed by atoms with Crippen LogP contribution < -0.4 is 0 Å². The number of hydrogen-bond acceptors (Lipinski definition) is 3. The van der Waals surface area contributed by atoms with Crippen molar-refractivity contribution in [3.05, 3.63) is 0 Å². The first-order valence-electron chi connectivity index (χ1n) is 8.34. The van der Waals surface area contributed by atoms with Crippen molar-refractivity contribution < 1.29 is 14.3 Å². The summed E-state index contributed by atoms with van der Waals surface area (Å²) in [6, 6.07) is 0. The lowest BCUT2D eigenvalue weighted by atomic mass is 9.74. The van der Waals surface area contributed by atoms with Gasteiger partial charge in [0.05, 0.1) is 13.0 Å². The Kier molecular flexibility index (Phi) is 8.56. The highest BCUT2D eigenvalue weighted by molar-refractivity contribution is 5.82. The van der Waals surface area contributed by atoms with Crippen molar-refractivity contribution in [3.63, 3.8) is 0 Å². The molecule has 1 aliphatic carbocycles. The summed E-state index contributed by atoms with van der Waals surface area (Å²) in [5.41, 5.74) is 0. The number of ketones is 1. The van der Waals surface area contributed by atoms with E-state index >= 15 is 0 Å². The highest BCUT2D eigenvalue weighted by Gasteiger charge is 2.24. The monoisotopic (exact) mass is 282 g/mol. The van der Waals surface area contributed by atoms with Gasteiger partial charge in [-0.3, -0.25) is 9.59 Å². The van der Waals surface area contributed by atoms with E-state index in [4.69, 9.17) is 4.74 Å². The molecule has 2 unspecified atom stereocenters. The normalized spacial score (nSPS) is 22.5. The Morgan fingerprint density at radius 1 is 0.950 bits per heavy atom. The molecule has 0 heterocycles. The number of carbonyl (C=O) groups excluding carboxylic acids is 2. The molecule has 0 aromatic heterocycles. The zero-order valence-electron chi connectivity index (χ0n) is 13.2. The molecular formula is C17H30O3. The third-order valence-electron chi connectivity index (χ3n) is 4.43. The second-order valence-electron chi connectivity index (χ2n) is 5.98. The molecule has 20 heavy (non-hydrogen) atoms. The molecule has 0 aliphatic heterocycles. The van der Waals surface area contributed by atoms with Crippen LogP contribution in [0.15, 0.2) is 0 Å². The van der Waals surface area contributed by atoms with Crippen LogP contribution in [0.1, 0.15) is 78.1 Å². The molecule has 116 valence electrons. The number of ether oxygens (including phenoxy) is 1. The zero-order chi connectivity index (χ0) is 14.8. The maximum absolute atomic E-state index is 11.9. The van der Waals surface area contributed by atoms with Crippen molar-refractivity contribution >= 4 is 11.8 Å². The van der Waals surface area contributed by atoms with Gasteiger partial charge in [0, 0.05) is 12.8 Å². The van der Waals surface area contributed by atoms with Gasteiger partial charge < -0.3 is 4.74 Å². The van der Waals surface area contributed by atoms with E-state index in [0.29, 0.717) is 19.4 Å². The Hall–Kier alpha value is -0.860. The van der Waals surface area contributed by atoms with E-state index in [2.05, 4.69) is 6.92 Å². The summed E-state index contributed by atoms with van der Waals surface area (Å²) < 4.78 is 4.84. The number of carbonyl (C=O) groups is 2. The van der Waals surface area contributed by atoms with Crippen LogP contribution in [0.4, 0.5) is 0 Å². The molecule has 0 spiro atoms. The Morgan fingerprint density at radius 2 is 1.60 bits per heavy atom. The van der Waals surface area contributed by atoms with E-state index in [1.165, 1.54) is 38.5 Å². The molecular weight excluding hydrogens is 252 g/mol. The maximum Gasteiger partial charge on any atom is 0.306 e. The van der Waals surface area contributed by atoms with Gasteiger partial charge in [0.1, 0.15) is 5.78 Å². The SMILES string of the molecule is CCCC1CCCCC1CCC(=O)CCC(=O)OCC. The van der Waals surface area contributed by atoms with E-state index in [0.717, 1.165) is 18.3 Å². The lowest BCUT2D eigenvalue weighted by molar-refractivity contribution is -0.144. The third kappa shape index (κ3) is 6.53. The molecule has 1 aliphatic rings. The van der Waals surface area contributed by atoms with Crippen LogP contribution in [-0.4, -0.2) is 18.4 Å². The van der Waals surface area contributed by atoms with Crippen molar-refractivity contribution in [2.45, 2.75) is 78.1 Å². The minimum Gasteiger partial charge on any atom is -0.466 e. The average molecular weight is 282 g/mol. The van der Waals surface area contributed by atoms with Crippen LogP contribution in [0.2, 0.25) is 0 Å². The predicted molar refractivity (Wildman–Crippen MR) is 80.5 cm³/mol. The maximum atomic E-state index is 11.9. The number of Topliss-reactive ketones (excluding diaryl/α,β-unsaturated/α-hetero) is 1. The van der Waals surface area contributed by atoms with Crippen LogP contribution >= 0.6 is 0 Å². The first-order valence-corrected chi connectivity index (χ1v) is 8.34. The second-order valence-corrected chi connectivity index (χ2v) is 5.98. The lowest BCUT2D eigenvalue weighted by Crippen LogP contribution is -2.20. The Labute approximate surface area is 123 Å². The van der Waals surface area contributed by atoms with Crippen LogP contribution in [-0.2, 0) is 14.3 Å². The molecule has 1 fully saturated rings. The van der Waals surface area contributed by atoms with Gasteiger partial charge in [0.2, 0.25) is 0 Å². The van der Waals surface area contributed by atoms with Gasteiger partial charge in [-0.1, -0.05) is 45.4 Å². The van der Waals surface area contributed by atoms with Crippen molar-refractivity contribution in [1.82, 2.24) is 0 Å². The molecule has 1 rings (SSSR count). The largest absolute Gasteiger partial charge is 0.466 e. The third-order valence-corrected chi connectivity index (χ3v) is 4.43. The number of rotatable bonds is 9. The van der Waals surface area contributed by atoms with E-state index in [-0.39, 0.29) is 18.2 Å². The van der Waals surface area contributed by atoms with E-state index in [1.54, 1.807) is 6.92 Å².